The number of hydrogen-bond acceptors (Lipinski definition) is 4. The second-order valence-electron chi connectivity index (χ2n) is 1.31. The molecule has 1 saturated heterocycles. The van der Waals surface area contributed by atoms with Gasteiger partial charge in [0.05, 0.1) is 26.4 Å². The third-order valence-electron chi connectivity index (χ3n) is 0.744. The van der Waals surface area contributed by atoms with Crippen LogP contribution in [0.25, 0.3) is 0 Å². The van der Waals surface area contributed by atoms with Crippen molar-refractivity contribution in [2.24, 2.45) is 5.34 Å². The third-order valence-corrected chi connectivity index (χ3v) is 0.744. The van der Waals surface area contributed by atoms with Crippen LogP contribution in [-0.2, 0) is 9.47 Å². The van der Waals surface area contributed by atoms with E-state index < -0.39 is 0 Å². The minimum Gasteiger partial charge on any atom is -0.379 e. The van der Waals surface area contributed by atoms with Gasteiger partial charge in [-0.25, -0.2) is 0 Å². The second kappa shape index (κ2) is 7.32. The van der Waals surface area contributed by atoms with Crippen LogP contribution in [0.2, 0.25) is 0 Å². The smallest absolute Gasteiger partial charge is 0.152 e. The molecule has 0 amide bonds. The van der Waals surface area contributed by atoms with Crippen molar-refractivity contribution in [2.45, 2.75) is 0 Å². The molecule has 0 aromatic rings. The Bertz CT molecular complexity index is 52.1. The van der Waals surface area contributed by atoms with Crippen LogP contribution < -0.4 is 0 Å². The van der Waals surface area contributed by atoms with Crippen LogP contribution in [0, 0.1) is 4.91 Å². The van der Waals surface area contributed by atoms with E-state index >= 15 is 0 Å². The Kier molecular flexibility index (Phi) is 6.77. The summed E-state index contributed by atoms with van der Waals surface area (Å²) in [4.78, 5) is 8.11. The van der Waals surface area contributed by atoms with Crippen molar-refractivity contribution in [3.05, 3.63) is 4.91 Å². The maximum Gasteiger partial charge on any atom is 0.152 e. The van der Waals surface area contributed by atoms with Gasteiger partial charge in [0.15, 0.2) is 5.34 Å². The van der Waals surface area contributed by atoms with E-state index in [9.17, 15) is 0 Å². The van der Waals surface area contributed by atoms with Crippen molar-refractivity contribution in [3.63, 3.8) is 0 Å². The first-order chi connectivity index (χ1) is 4.41. The lowest BCUT2D eigenvalue weighted by Gasteiger charge is -2.09. The van der Waals surface area contributed by atoms with E-state index in [1.807, 2.05) is 0 Å². The fourth-order valence-electron chi connectivity index (χ4n) is 0.440. The molecule has 1 fully saturated rings. The molecule has 1 aliphatic rings. The molecule has 5 heteroatoms. The number of ether oxygens (including phenoxy) is 2. The summed E-state index contributed by atoms with van der Waals surface area (Å²) in [5.74, 6) is 0. The summed E-state index contributed by atoms with van der Waals surface area (Å²) >= 11 is 0. The summed E-state index contributed by atoms with van der Waals surface area (Å²) in [5, 5.41) is 7.89. The molecule has 9 heavy (non-hydrogen) atoms. The quantitative estimate of drug-likeness (QED) is 0.380. The largest absolute Gasteiger partial charge is 0.379 e. The first kappa shape index (κ1) is 8.32. The molecule has 0 aromatic carbocycles. The molecule has 1 aliphatic heterocycles. The normalized spacial score (nSPS) is 17.3. The standard InChI is InChI=1S/C4H8O2.HNO2/c1-2-6-4-3-5-1;2-1-3/h1-4H2;(H,2,3). The van der Waals surface area contributed by atoms with E-state index in [2.05, 4.69) is 0 Å². The first-order valence-electron chi connectivity index (χ1n) is 2.54. The van der Waals surface area contributed by atoms with Crippen molar-refractivity contribution in [1.82, 2.24) is 0 Å². The van der Waals surface area contributed by atoms with E-state index in [1.54, 1.807) is 0 Å². The highest BCUT2D eigenvalue weighted by Crippen LogP contribution is 1.85. The van der Waals surface area contributed by atoms with Crippen LogP contribution in [0.1, 0.15) is 0 Å². The summed E-state index contributed by atoms with van der Waals surface area (Å²) in [5.41, 5.74) is 0. The summed E-state index contributed by atoms with van der Waals surface area (Å²) in [6, 6.07) is 0. The van der Waals surface area contributed by atoms with Crippen LogP contribution in [0.15, 0.2) is 5.34 Å². The Morgan fingerprint density at radius 3 is 1.44 bits per heavy atom. The minimum absolute atomic E-state index is 0.778. The van der Waals surface area contributed by atoms with Crippen molar-refractivity contribution in [3.8, 4) is 0 Å². The van der Waals surface area contributed by atoms with Gasteiger partial charge < -0.3 is 14.7 Å². The lowest BCUT2D eigenvalue weighted by atomic mass is 10.6. The van der Waals surface area contributed by atoms with Gasteiger partial charge >= 0.3 is 0 Å². The van der Waals surface area contributed by atoms with Crippen LogP contribution in [0.4, 0.5) is 0 Å². The fourth-order valence-corrected chi connectivity index (χ4v) is 0.440. The second-order valence-corrected chi connectivity index (χ2v) is 1.31. The van der Waals surface area contributed by atoms with Gasteiger partial charge in [-0.2, -0.15) is 0 Å². The van der Waals surface area contributed by atoms with Gasteiger partial charge in [-0.3, -0.25) is 0 Å². The van der Waals surface area contributed by atoms with E-state index in [1.165, 1.54) is 5.34 Å². The molecule has 0 saturated carbocycles. The predicted molar refractivity (Wildman–Crippen MR) is 29.2 cm³/mol. The molecule has 0 atom stereocenters. The average molecular weight is 135 g/mol. The predicted octanol–water partition coefficient (Wildman–Crippen LogP) is 0.175. The molecule has 1 N–H and O–H groups in total. The monoisotopic (exact) mass is 135 g/mol. The molecular formula is C4H9NO4. The summed E-state index contributed by atoms with van der Waals surface area (Å²) in [6.45, 7) is 3.11. The van der Waals surface area contributed by atoms with Crippen LogP contribution in [0.5, 0.6) is 0 Å². The van der Waals surface area contributed by atoms with Crippen LogP contribution in [0.3, 0.4) is 0 Å². The summed E-state index contributed by atoms with van der Waals surface area (Å²) < 4.78 is 9.89. The topological polar surface area (TPSA) is 68.1 Å². The third kappa shape index (κ3) is 7.32. The maximum absolute atomic E-state index is 8.11. The zero-order chi connectivity index (χ0) is 6.95. The molecule has 0 radical (unpaired) electrons. The van der Waals surface area contributed by atoms with Crippen LogP contribution >= 0.6 is 0 Å². The number of rotatable bonds is 0. The fraction of sp³-hybridized carbons (Fsp3) is 1.00. The Morgan fingerprint density at radius 2 is 1.33 bits per heavy atom. The van der Waals surface area contributed by atoms with Crippen molar-refractivity contribution >= 4 is 0 Å². The van der Waals surface area contributed by atoms with E-state index in [4.69, 9.17) is 19.6 Å². The van der Waals surface area contributed by atoms with Gasteiger partial charge in [0.1, 0.15) is 0 Å². The Morgan fingerprint density at radius 1 is 1.11 bits per heavy atom. The molecule has 0 unspecified atom stereocenters. The van der Waals surface area contributed by atoms with Crippen LogP contribution in [-0.4, -0.2) is 31.6 Å². The Labute approximate surface area is 52.5 Å². The Hall–Kier alpha value is -0.680. The number of nitrogens with zero attached hydrogens (tertiary/aromatic N) is 1. The molecule has 54 valence electrons. The zero-order valence-corrected chi connectivity index (χ0v) is 4.95. The SMILES string of the molecule is C1COCCO1.O=NO. The summed E-state index contributed by atoms with van der Waals surface area (Å²) in [6.07, 6.45) is 0. The average Bonchev–Trinajstić information content (AvgIpc) is 1.93. The van der Waals surface area contributed by atoms with Gasteiger partial charge in [0.25, 0.3) is 0 Å². The molecule has 0 aromatic heterocycles. The molecule has 5 nitrogen and oxygen atoms in total. The van der Waals surface area contributed by atoms with Gasteiger partial charge in [0, 0.05) is 0 Å². The van der Waals surface area contributed by atoms with Gasteiger partial charge in [-0.15, -0.1) is 4.91 Å². The lowest BCUT2D eigenvalue weighted by molar-refractivity contribution is -0.0334. The maximum atomic E-state index is 8.11. The number of hydrogen-bond donors (Lipinski definition) is 1. The highest BCUT2D eigenvalue weighted by Gasteiger charge is 1.94. The minimum atomic E-state index is 0.778. The van der Waals surface area contributed by atoms with Crippen molar-refractivity contribution in [1.29, 1.82) is 0 Å². The first-order valence-corrected chi connectivity index (χ1v) is 2.54. The van der Waals surface area contributed by atoms with Gasteiger partial charge in [-0.05, 0) is 0 Å². The van der Waals surface area contributed by atoms with E-state index in [0.29, 0.717) is 0 Å². The van der Waals surface area contributed by atoms with E-state index in [-0.39, 0.29) is 0 Å². The molecular weight excluding hydrogens is 126 g/mol. The van der Waals surface area contributed by atoms with Gasteiger partial charge in [0.2, 0.25) is 0 Å². The summed E-state index contributed by atoms with van der Waals surface area (Å²) in [7, 11) is 0. The molecule has 0 bridgehead atoms. The van der Waals surface area contributed by atoms with E-state index in [0.717, 1.165) is 26.4 Å². The zero-order valence-electron chi connectivity index (χ0n) is 4.95. The van der Waals surface area contributed by atoms with Crippen molar-refractivity contribution < 1.29 is 14.7 Å². The highest BCUT2D eigenvalue weighted by atomic mass is 16.6. The van der Waals surface area contributed by atoms with Gasteiger partial charge in [-0.1, -0.05) is 0 Å². The Balaban J connectivity index is 0.000000187. The molecule has 1 heterocycles. The lowest BCUT2D eigenvalue weighted by Crippen LogP contribution is -2.16. The molecule has 0 spiro atoms. The molecule has 1 rings (SSSR count). The highest BCUT2D eigenvalue weighted by molar-refractivity contribution is 4.37. The van der Waals surface area contributed by atoms with Crippen molar-refractivity contribution in [2.75, 3.05) is 26.4 Å². The molecule has 0 aliphatic carbocycles.